The van der Waals surface area contributed by atoms with Crippen LogP contribution in [-0.2, 0) is 0 Å². The smallest absolute Gasteiger partial charge is 0.0558 e. The second-order valence-electron chi connectivity index (χ2n) is 5.23. The maximum absolute atomic E-state index is 9.06. The molecule has 0 aromatic rings. The van der Waals surface area contributed by atoms with Gasteiger partial charge in [0.2, 0.25) is 0 Å². The summed E-state index contributed by atoms with van der Waals surface area (Å²) in [6.07, 6.45) is 8.07. The van der Waals surface area contributed by atoms with Crippen LogP contribution in [0, 0.1) is 5.92 Å². The molecule has 0 aromatic heterocycles. The zero-order valence-corrected chi connectivity index (χ0v) is 10.4. The molecule has 0 heterocycles. The van der Waals surface area contributed by atoms with E-state index in [0.29, 0.717) is 6.61 Å². The molecule has 1 saturated carbocycles. The van der Waals surface area contributed by atoms with Crippen molar-refractivity contribution in [3.05, 3.63) is 0 Å². The summed E-state index contributed by atoms with van der Waals surface area (Å²) in [5.74, 6) is 0.810. The van der Waals surface area contributed by atoms with Crippen LogP contribution in [0.5, 0.6) is 0 Å². The lowest BCUT2D eigenvalue weighted by atomic mass is 10.1. The second-order valence-corrected chi connectivity index (χ2v) is 5.23. The van der Waals surface area contributed by atoms with Crippen LogP contribution in [0.25, 0.3) is 0 Å². The molecular formula is C13H27NO. The number of rotatable bonds is 7. The summed E-state index contributed by atoms with van der Waals surface area (Å²) in [6.45, 7) is 6.95. The van der Waals surface area contributed by atoms with Crippen molar-refractivity contribution in [1.29, 1.82) is 0 Å². The zero-order valence-electron chi connectivity index (χ0n) is 10.4. The Morgan fingerprint density at radius 1 is 1.20 bits per heavy atom. The highest BCUT2D eigenvalue weighted by Crippen LogP contribution is 2.23. The van der Waals surface area contributed by atoms with E-state index in [1.165, 1.54) is 45.1 Å². The standard InChI is InChI=1S/C13H27NO/c1-12(2)6-5-9-14(10-11-15)13-7-3-4-8-13/h12-13,15H,3-11H2,1-2H3. The average molecular weight is 213 g/mol. The summed E-state index contributed by atoms with van der Waals surface area (Å²) >= 11 is 0. The Labute approximate surface area is 94.7 Å². The first-order valence-corrected chi connectivity index (χ1v) is 6.59. The van der Waals surface area contributed by atoms with Crippen molar-refractivity contribution in [2.24, 2.45) is 5.92 Å². The van der Waals surface area contributed by atoms with E-state index < -0.39 is 0 Å². The molecule has 2 nitrogen and oxygen atoms in total. The third kappa shape index (κ3) is 4.98. The molecule has 1 rings (SSSR count). The van der Waals surface area contributed by atoms with Crippen LogP contribution >= 0.6 is 0 Å². The number of nitrogens with zero attached hydrogens (tertiary/aromatic N) is 1. The van der Waals surface area contributed by atoms with Gasteiger partial charge in [-0.2, -0.15) is 0 Å². The normalized spacial score (nSPS) is 18.2. The van der Waals surface area contributed by atoms with Crippen LogP contribution in [0.2, 0.25) is 0 Å². The van der Waals surface area contributed by atoms with E-state index in [1.807, 2.05) is 0 Å². The Morgan fingerprint density at radius 2 is 1.87 bits per heavy atom. The van der Waals surface area contributed by atoms with Gasteiger partial charge in [-0.1, -0.05) is 26.7 Å². The summed E-state index contributed by atoms with van der Waals surface area (Å²) in [4.78, 5) is 2.51. The van der Waals surface area contributed by atoms with Gasteiger partial charge in [0.15, 0.2) is 0 Å². The number of hydrogen-bond acceptors (Lipinski definition) is 2. The van der Waals surface area contributed by atoms with Crippen molar-refractivity contribution in [3.8, 4) is 0 Å². The van der Waals surface area contributed by atoms with Crippen LogP contribution in [0.3, 0.4) is 0 Å². The fourth-order valence-corrected chi connectivity index (χ4v) is 2.58. The van der Waals surface area contributed by atoms with Crippen molar-refractivity contribution in [1.82, 2.24) is 4.90 Å². The average Bonchev–Trinajstić information content (AvgIpc) is 2.68. The SMILES string of the molecule is CC(C)CCCN(CCO)C1CCCC1. The highest BCUT2D eigenvalue weighted by atomic mass is 16.3. The van der Waals surface area contributed by atoms with E-state index in [9.17, 15) is 0 Å². The van der Waals surface area contributed by atoms with Crippen LogP contribution < -0.4 is 0 Å². The molecule has 1 aliphatic rings. The molecule has 0 aliphatic heterocycles. The second kappa shape index (κ2) is 7.24. The van der Waals surface area contributed by atoms with Crippen molar-refractivity contribution < 1.29 is 5.11 Å². The van der Waals surface area contributed by atoms with E-state index in [4.69, 9.17) is 5.11 Å². The van der Waals surface area contributed by atoms with Crippen LogP contribution in [0.1, 0.15) is 52.4 Å². The number of aliphatic hydroxyl groups excluding tert-OH is 1. The number of hydrogen-bond donors (Lipinski definition) is 1. The first kappa shape index (κ1) is 13.0. The third-order valence-corrected chi connectivity index (χ3v) is 3.46. The molecule has 0 aromatic carbocycles. The topological polar surface area (TPSA) is 23.5 Å². The minimum absolute atomic E-state index is 0.318. The summed E-state index contributed by atoms with van der Waals surface area (Å²) in [5.41, 5.74) is 0. The van der Waals surface area contributed by atoms with Gasteiger partial charge in [0.25, 0.3) is 0 Å². The molecule has 2 heteroatoms. The molecule has 15 heavy (non-hydrogen) atoms. The highest BCUT2D eigenvalue weighted by Gasteiger charge is 2.21. The molecule has 1 aliphatic carbocycles. The van der Waals surface area contributed by atoms with Gasteiger partial charge in [-0.25, -0.2) is 0 Å². The summed E-state index contributed by atoms with van der Waals surface area (Å²) in [5, 5.41) is 9.06. The first-order chi connectivity index (χ1) is 7.24. The zero-order chi connectivity index (χ0) is 11.1. The fourth-order valence-electron chi connectivity index (χ4n) is 2.58. The molecule has 0 amide bonds. The molecular weight excluding hydrogens is 186 g/mol. The Hall–Kier alpha value is -0.0800. The van der Waals surface area contributed by atoms with Gasteiger partial charge in [0.05, 0.1) is 6.61 Å². The van der Waals surface area contributed by atoms with Crippen LogP contribution in [0.4, 0.5) is 0 Å². The molecule has 0 spiro atoms. The van der Waals surface area contributed by atoms with Gasteiger partial charge < -0.3 is 5.11 Å². The van der Waals surface area contributed by atoms with Crippen molar-refractivity contribution in [2.75, 3.05) is 19.7 Å². The summed E-state index contributed by atoms with van der Waals surface area (Å²) in [7, 11) is 0. The quantitative estimate of drug-likeness (QED) is 0.703. The van der Waals surface area contributed by atoms with Crippen molar-refractivity contribution in [3.63, 3.8) is 0 Å². The van der Waals surface area contributed by atoms with Crippen LogP contribution in [0.15, 0.2) is 0 Å². The molecule has 1 fully saturated rings. The van der Waals surface area contributed by atoms with E-state index in [0.717, 1.165) is 18.5 Å². The molecule has 0 radical (unpaired) electrons. The monoisotopic (exact) mass is 213 g/mol. The molecule has 90 valence electrons. The molecule has 0 atom stereocenters. The Kier molecular flexibility index (Phi) is 6.26. The Balaban J connectivity index is 2.23. The van der Waals surface area contributed by atoms with Gasteiger partial charge in [-0.3, -0.25) is 4.90 Å². The third-order valence-electron chi connectivity index (χ3n) is 3.46. The first-order valence-electron chi connectivity index (χ1n) is 6.59. The molecule has 0 bridgehead atoms. The van der Waals surface area contributed by atoms with Gasteiger partial charge in [0.1, 0.15) is 0 Å². The fraction of sp³-hybridized carbons (Fsp3) is 1.00. The van der Waals surface area contributed by atoms with Gasteiger partial charge in [-0.05, 0) is 38.1 Å². The van der Waals surface area contributed by atoms with E-state index in [2.05, 4.69) is 18.7 Å². The van der Waals surface area contributed by atoms with E-state index >= 15 is 0 Å². The number of aliphatic hydroxyl groups is 1. The Bertz CT molecular complexity index is 153. The maximum atomic E-state index is 9.06. The van der Waals surface area contributed by atoms with Gasteiger partial charge in [-0.15, -0.1) is 0 Å². The minimum atomic E-state index is 0.318. The Morgan fingerprint density at radius 3 is 2.40 bits per heavy atom. The van der Waals surface area contributed by atoms with Crippen molar-refractivity contribution >= 4 is 0 Å². The lowest BCUT2D eigenvalue weighted by Gasteiger charge is -2.28. The minimum Gasteiger partial charge on any atom is -0.395 e. The van der Waals surface area contributed by atoms with E-state index in [1.54, 1.807) is 0 Å². The summed E-state index contributed by atoms with van der Waals surface area (Å²) < 4.78 is 0. The predicted octanol–water partition coefficient (Wildman–Crippen LogP) is 2.66. The molecule has 0 unspecified atom stereocenters. The largest absolute Gasteiger partial charge is 0.395 e. The van der Waals surface area contributed by atoms with Gasteiger partial charge >= 0.3 is 0 Å². The van der Waals surface area contributed by atoms with Crippen LogP contribution in [-0.4, -0.2) is 35.7 Å². The maximum Gasteiger partial charge on any atom is 0.0558 e. The molecule has 1 N–H and O–H groups in total. The highest BCUT2D eigenvalue weighted by molar-refractivity contribution is 4.77. The lowest BCUT2D eigenvalue weighted by molar-refractivity contribution is 0.148. The lowest BCUT2D eigenvalue weighted by Crippen LogP contribution is -2.36. The van der Waals surface area contributed by atoms with E-state index in [-0.39, 0.29) is 0 Å². The van der Waals surface area contributed by atoms with Gasteiger partial charge in [0, 0.05) is 12.6 Å². The predicted molar refractivity (Wildman–Crippen MR) is 65.0 cm³/mol. The molecule has 0 saturated heterocycles. The summed E-state index contributed by atoms with van der Waals surface area (Å²) in [6, 6.07) is 0.768. The van der Waals surface area contributed by atoms with Crippen molar-refractivity contribution in [2.45, 2.75) is 58.4 Å².